The molecular weight excluding hydrogens is 220 g/mol. The fourth-order valence-corrected chi connectivity index (χ4v) is 2.00. The van der Waals surface area contributed by atoms with Crippen LogP contribution in [-0.2, 0) is 0 Å². The third-order valence-corrected chi connectivity index (χ3v) is 3.07. The van der Waals surface area contributed by atoms with Crippen LogP contribution in [0.15, 0.2) is 12.7 Å². The minimum Gasteiger partial charge on any atom is -0.316 e. The predicted molar refractivity (Wildman–Crippen MR) is 83.0 cm³/mol. The van der Waals surface area contributed by atoms with Gasteiger partial charge in [0.1, 0.15) is 0 Å². The number of hydrogen-bond donors (Lipinski definition) is 1. The Morgan fingerprint density at radius 3 is 2.11 bits per heavy atom. The minimum absolute atomic E-state index is 0.198. The van der Waals surface area contributed by atoms with Crippen LogP contribution in [0.4, 0.5) is 0 Å². The molecule has 0 saturated heterocycles. The lowest BCUT2D eigenvalue weighted by molar-refractivity contribution is 0.0967. The Balaban J connectivity index is 4.36. The van der Waals surface area contributed by atoms with E-state index < -0.39 is 0 Å². The maximum absolute atomic E-state index is 3.87. The summed E-state index contributed by atoms with van der Waals surface area (Å²) in [4.78, 5) is 2.50. The SMILES string of the molecule is C=CCN(CC(C)(C)CNCC(C)C)C(C)(C)C. The molecule has 0 aromatic carbocycles. The van der Waals surface area contributed by atoms with Crippen molar-refractivity contribution in [3.05, 3.63) is 12.7 Å². The zero-order valence-corrected chi connectivity index (χ0v) is 13.6. The normalized spacial score (nSPS) is 13.4. The molecule has 0 radical (unpaired) electrons. The summed E-state index contributed by atoms with van der Waals surface area (Å²) in [5, 5.41) is 3.57. The Morgan fingerprint density at radius 2 is 1.72 bits per heavy atom. The van der Waals surface area contributed by atoms with Crippen molar-refractivity contribution in [1.29, 1.82) is 0 Å². The van der Waals surface area contributed by atoms with Gasteiger partial charge in [0.2, 0.25) is 0 Å². The van der Waals surface area contributed by atoms with Crippen LogP contribution < -0.4 is 5.32 Å². The van der Waals surface area contributed by atoms with Gasteiger partial charge in [-0.1, -0.05) is 33.8 Å². The molecule has 0 heterocycles. The highest BCUT2D eigenvalue weighted by molar-refractivity contribution is 4.87. The van der Waals surface area contributed by atoms with Crippen LogP contribution in [0.1, 0.15) is 48.5 Å². The van der Waals surface area contributed by atoms with Gasteiger partial charge in [0, 0.05) is 25.2 Å². The van der Waals surface area contributed by atoms with Crippen molar-refractivity contribution >= 4 is 0 Å². The summed E-state index contributed by atoms with van der Waals surface area (Å²) < 4.78 is 0. The molecule has 0 aromatic heterocycles. The van der Waals surface area contributed by atoms with Crippen molar-refractivity contribution in [2.75, 3.05) is 26.2 Å². The highest BCUT2D eigenvalue weighted by Gasteiger charge is 2.27. The molecule has 0 rings (SSSR count). The van der Waals surface area contributed by atoms with E-state index in [0.29, 0.717) is 5.92 Å². The summed E-state index contributed by atoms with van der Waals surface area (Å²) in [5.74, 6) is 0.715. The maximum Gasteiger partial charge on any atom is 0.0166 e. The van der Waals surface area contributed by atoms with E-state index in [1.807, 2.05) is 6.08 Å². The summed E-state index contributed by atoms with van der Waals surface area (Å²) in [6.07, 6.45) is 2.00. The highest BCUT2D eigenvalue weighted by Crippen LogP contribution is 2.22. The molecule has 0 aliphatic heterocycles. The van der Waals surface area contributed by atoms with Gasteiger partial charge in [-0.25, -0.2) is 0 Å². The van der Waals surface area contributed by atoms with Gasteiger partial charge in [0.15, 0.2) is 0 Å². The molecule has 0 aromatic rings. The van der Waals surface area contributed by atoms with Crippen LogP contribution in [0.3, 0.4) is 0 Å². The van der Waals surface area contributed by atoms with E-state index in [9.17, 15) is 0 Å². The highest BCUT2D eigenvalue weighted by atomic mass is 15.2. The van der Waals surface area contributed by atoms with E-state index in [4.69, 9.17) is 0 Å². The molecule has 0 unspecified atom stereocenters. The fraction of sp³-hybridized carbons (Fsp3) is 0.875. The third kappa shape index (κ3) is 7.88. The molecule has 2 heteroatoms. The predicted octanol–water partition coefficient (Wildman–Crippen LogP) is 3.54. The van der Waals surface area contributed by atoms with Gasteiger partial charge in [-0.05, 0) is 38.6 Å². The topological polar surface area (TPSA) is 15.3 Å². The van der Waals surface area contributed by atoms with Crippen molar-refractivity contribution in [2.24, 2.45) is 11.3 Å². The molecule has 108 valence electrons. The van der Waals surface area contributed by atoms with E-state index in [1.165, 1.54) is 0 Å². The maximum atomic E-state index is 3.87. The fourth-order valence-electron chi connectivity index (χ4n) is 2.00. The second-order valence-corrected chi connectivity index (χ2v) is 7.53. The standard InChI is InChI=1S/C16H34N2/c1-9-10-18(15(4,5)6)13-16(7,8)12-17-11-14(2)3/h9,14,17H,1,10-13H2,2-8H3. The molecule has 0 aliphatic rings. The lowest BCUT2D eigenvalue weighted by Gasteiger charge is -2.40. The minimum atomic E-state index is 0.198. The van der Waals surface area contributed by atoms with Crippen molar-refractivity contribution < 1.29 is 0 Å². The van der Waals surface area contributed by atoms with Crippen LogP contribution in [-0.4, -0.2) is 36.6 Å². The Bertz CT molecular complexity index is 236. The van der Waals surface area contributed by atoms with Gasteiger partial charge in [0.25, 0.3) is 0 Å². The summed E-state index contributed by atoms with van der Waals surface area (Å²) in [6.45, 7) is 24.1. The van der Waals surface area contributed by atoms with Gasteiger partial charge < -0.3 is 5.32 Å². The van der Waals surface area contributed by atoms with Gasteiger partial charge in [0.05, 0.1) is 0 Å². The number of rotatable bonds is 8. The molecule has 0 spiro atoms. The second kappa shape index (κ2) is 7.30. The average Bonchev–Trinajstić information content (AvgIpc) is 2.14. The molecule has 2 nitrogen and oxygen atoms in total. The summed E-state index contributed by atoms with van der Waals surface area (Å²) in [6, 6.07) is 0. The molecule has 18 heavy (non-hydrogen) atoms. The van der Waals surface area contributed by atoms with Gasteiger partial charge in [-0.2, -0.15) is 0 Å². The monoisotopic (exact) mass is 254 g/mol. The van der Waals surface area contributed by atoms with Crippen molar-refractivity contribution in [3.63, 3.8) is 0 Å². The zero-order valence-electron chi connectivity index (χ0n) is 13.6. The molecule has 1 N–H and O–H groups in total. The quantitative estimate of drug-likeness (QED) is 0.667. The first-order chi connectivity index (χ1) is 8.08. The van der Waals surface area contributed by atoms with E-state index in [1.54, 1.807) is 0 Å². The summed E-state index contributed by atoms with van der Waals surface area (Å²) in [5.41, 5.74) is 0.481. The van der Waals surface area contributed by atoms with Crippen molar-refractivity contribution in [3.8, 4) is 0 Å². The molecule has 0 aliphatic carbocycles. The summed E-state index contributed by atoms with van der Waals surface area (Å²) >= 11 is 0. The Morgan fingerprint density at radius 1 is 1.17 bits per heavy atom. The number of nitrogens with one attached hydrogen (secondary N) is 1. The van der Waals surface area contributed by atoms with Crippen molar-refractivity contribution in [1.82, 2.24) is 10.2 Å². The first-order valence-electron chi connectivity index (χ1n) is 7.15. The lowest BCUT2D eigenvalue weighted by Crippen LogP contribution is -2.49. The van der Waals surface area contributed by atoms with E-state index in [-0.39, 0.29) is 11.0 Å². The van der Waals surface area contributed by atoms with Gasteiger partial charge in [-0.3, -0.25) is 4.90 Å². The Kier molecular flexibility index (Phi) is 7.16. The smallest absolute Gasteiger partial charge is 0.0166 e. The molecular formula is C16H34N2. The zero-order chi connectivity index (χ0) is 14.4. The van der Waals surface area contributed by atoms with Crippen LogP contribution in [0, 0.1) is 11.3 Å². The second-order valence-electron chi connectivity index (χ2n) is 7.53. The summed E-state index contributed by atoms with van der Waals surface area (Å²) in [7, 11) is 0. The van der Waals surface area contributed by atoms with E-state index >= 15 is 0 Å². The van der Waals surface area contributed by atoms with E-state index in [0.717, 1.165) is 26.2 Å². The molecule has 0 bridgehead atoms. The lowest BCUT2D eigenvalue weighted by atomic mass is 9.90. The van der Waals surface area contributed by atoms with Crippen LogP contribution in [0.25, 0.3) is 0 Å². The van der Waals surface area contributed by atoms with Gasteiger partial charge >= 0.3 is 0 Å². The van der Waals surface area contributed by atoms with Crippen LogP contribution in [0.2, 0.25) is 0 Å². The van der Waals surface area contributed by atoms with E-state index in [2.05, 4.69) is 65.3 Å². The molecule has 0 amide bonds. The average molecular weight is 254 g/mol. The molecule has 0 fully saturated rings. The van der Waals surface area contributed by atoms with Gasteiger partial charge in [-0.15, -0.1) is 6.58 Å². The van der Waals surface area contributed by atoms with Crippen LogP contribution in [0.5, 0.6) is 0 Å². The molecule has 0 saturated carbocycles. The molecule has 0 atom stereocenters. The Hall–Kier alpha value is -0.340. The third-order valence-electron chi connectivity index (χ3n) is 3.07. The first kappa shape index (κ1) is 17.7. The number of nitrogens with zero attached hydrogens (tertiary/aromatic N) is 1. The first-order valence-corrected chi connectivity index (χ1v) is 7.15. The Labute approximate surface area is 115 Å². The largest absolute Gasteiger partial charge is 0.316 e. The number of hydrogen-bond acceptors (Lipinski definition) is 2. The van der Waals surface area contributed by atoms with Crippen molar-refractivity contribution in [2.45, 2.75) is 54.0 Å². The van der Waals surface area contributed by atoms with Crippen LogP contribution >= 0.6 is 0 Å².